The van der Waals surface area contributed by atoms with Crippen LogP contribution in [0.4, 0.5) is 13.2 Å². The minimum absolute atomic E-state index is 0. The van der Waals surface area contributed by atoms with Crippen molar-refractivity contribution >= 4 is 35.9 Å². The first-order valence-corrected chi connectivity index (χ1v) is 8.53. The quantitative estimate of drug-likeness (QED) is 0.259. The highest BCUT2D eigenvalue weighted by Gasteiger charge is 2.29. The van der Waals surface area contributed by atoms with E-state index in [-0.39, 0.29) is 24.0 Å². The Morgan fingerprint density at radius 3 is 2.41 bits per heavy atom. The van der Waals surface area contributed by atoms with Gasteiger partial charge in [-0.1, -0.05) is 12.1 Å². The minimum atomic E-state index is -4.33. The van der Waals surface area contributed by atoms with Crippen molar-refractivity contribution in [1.82, 2.24) is 10.6 Å². The molecule has 0 bridgehead atoms. The summed E-state index contributed by atoms with van der Waals surface area (Å²) in [5.74, 6) is 1.05. The molecule has 0 amide bonds. The normalized spacial score (nSPS) is 11.6. The minimum Gasteiger partial charge on any atom is -0.465 e. The van der Waals surface area contributed by atoms with Crippen LogP contribution in [-0.4, -0.2) is 32.6 Å². The number of rotatable bonds is 6. The van der Waals surface area contributed by atoms with Crippen molar-refractivity contribution < 1.29 is 27.1 Å². The number of furan rings is 1. The molecule has 160 valence electrons. The van der Waals surface area contributed by atoms with E-state index in [0.29, 0.717) is 42.6 Å². The number of alkyl halides is 3. The van der Waals surface area contributed by atoms with Gasteiger partial charge in [-0.3, -0.25) is 4.99 Å². The van der Waals surface area contributed by atoms with Gasteiger partial charge in [-0.25, -0.2) is 4.79 Å². The van der Waals surface area contributed by atoms with Crippen LogP contribution in [0.3, 0.4) is 0 Å². The average molecular weight is 525 g/mol. The Balaban J connectivity index is 0.00000420. The van der Waals surface area contributed by atoms with Crippen molar-refractivity contribution in [2.75, 3.05) is 20.7 Å². The third-order valence-corrected chi connectivity index (χ3v) is 4.02. The van der Waals surface area contributed by atoms with Crippen LogP contribution < -0.4 is 10.6 Å². The van der Waals surface area contributed by atoms with Crippen LogP contribution in [0.2, 0.25) is 0 Å². The number of aliphatic imine (C=N–C) groups is 1. The van der Waals surface area contributed by atoms with Gasteiger partial charge in [-0.15, -0.1) is 24.0 Å². The second kappa shape index (κ2) is 11.1. The lowest BCUT2D eigenvalue weighted by molar-refractivity contribution is -0.137. The maximum atomic E-state index is 12.6. The molecule has 29 heavy (non-hydrogen) atoms. The molecule has 1 aromatic heterocycles. The van der Waals surface area contributed by atoms with Crippen molar-refractivity contribution in [2.45, 2.75) is 26.1 Å². The molecule has 0 radical (unpaired) electrons. The van der Waals surface area contributed by atoms with Gasteiger partial charge in [0.15, 0.2) is 5.96 Å². The van der Waals surface area contributed by atoms with E-state index >= 15 is 0 Å². The van der Waals surface area contributed by atoms with E-state index in [2.05, 4.69) is 20.4 Å². The molecule has 1 aromatic carbocycles. The summed E-state index contributed by atoms with van der Waals surface area (Å²) in [5.41, 5.74) is 0.478. The number of benzene rings is 1. The van der Waals surface area contributed by atoms with E-state index in [0.717, 1.165) is 17.7 Å². The van der Waals surface area contributed by atoms with Gasteiger partial charge in [-0.05, 0) is 37.1 Å². The molecule has 1 heterocycles. The first-order chi connectivity index (χ1) is 13.2. The molecule has 0 aliphatic heterocycles. The molecule has 6 nitrogen and oxygen atoms in total. The standard InChI is InChI=1S/C19H22F3N3O3.HI/c1-12-16(17(26)27-3)10-15(28-12)11-25-18(23-2)24-9-8-13-4-6-14(7-5-13)19(20,21)22;/h4-7,10H,8-9,11H2,1-3H3,(H2,23,24,25);1H. The molecule has 0 aliphatic carbocycles. The van der Waals surface area contributed by atoms with E-state index in [1.54, 1.807) is 20.0 Å². The molecule has 2 aromatic rings. The molecule has 0 atom stereocenters. The van der Waals surface area contributed by atoms with E-state index in [1.807, 2.05) is 0 Å². The number of methoxy groups -OCH3 is 1. The van der Waals surface area contributed by atoms with Gasteiger partial charge in [0.05, 0.1) is 19.2 Å². The number of nitrogens with zero attached hydrogens (tertiary/aromatic N) is 1. The van der Waals surface area contributed by atoms with Gasteiger partial charge in [-0.2, -0.15) is 13.2 Å². The zero-order valence-corrected chi connectivity index (χ0v) is 18.6. The monoisotopic (exact) mass is 525 g/mol. The highest BCUT2D eigenvalue weighted by atomic mass is 127. The largest absolute Gasteiger partial charge is 0.465 e. The van der Waals surface area contributed by atoms with Crippen LogP contribution in [0.5, 0.6) is 0 Å². The van der Waals surface area contributed by atoms with Gasteiger partial charge in [0.25, 0.3) is 0 Å². The highest BCUT2D eigenvalue weighted by molar-refractivity contribution is 14.0. The number of esters is 1. The molecule has 0 saturated heterocycles. The Morgan fingerprint density at radius 1 is 1.21 bits per heavy atom. The fraction of sp³-hybridized carbons (Fsp3) is 0.368. The number of hydrogen-bond acceptors (Lipinski definition) is 4. The molecule has 2 N–H and O–H groups in total. The molecular formula is C19H23F3IN3O3. The number of carbonyl (C=O) groups is 1. The predicted octanol–water partition coefficient (Wildman–Crippen LogP) is 3.92. The van der Waals surface area contributed by atoms with E-state index < -0.39 is 17.7 Å². The zero-order valence-electron chi connectivity index (χ0n) is 16.2. The summed E-state index contributed by atoms with van der Waals surface area (Å²) in [6, 6.07) is 6.66. The van der Waals surface area contributed by atoms with Crippen LogP contribution in [0.25, 0.3) is 0 Å². The number of aryl methyl sites for hydroxylation is 1. The molecule has 0 saturated carbocycles. The molecule has 0 aliphatic rings. The molecule has 0 spiro atoms. The Bertz CT molecular complexity index is 833. The molecular weight excluding hydrogens is 502 g/mol. The maximum Gasteiger partial charge on any atom is 0.416 e. The second-order valence-electron chi connectivity index (χ2n) is 5.97. The predicted molar refractivity (Wildman–Crippen MR) is 114 cm³/mol. The lowest BCUT2D eigenvalue weighted by Crippen LogP contribution is -2.37. The third kappa shape index (κ3) is 7.26. The number of halogens is 4. The van der Waals surface area contributed by atoms with Crippen molar-refractivity contribution in [3.05, 3.63) is 58.5 Å². The maximum absolute atomic E-state index is 12.6. The van der Waals surface area contributed by atoms with Crippen molar-refractivity contribution in [2.24, 2.45) is 4.99 Å². The fourth-order valence-electron chi connectivity index (χ4n) is 2.52. The van der Waals surface area contributed by atoms with Gasteiger partial charge in [0.2, 0.25) is 0 Å². The Labute approximate surface area is 183 Å². The van der Waals surface area contributed by atoms with Crippen molar-refractivity contribution in [3.8, 4) is 0 Å². The Kier molecular flexibility index (Phi) is 9.47. The summed E-state index contributed by atoms with van der Waals surface area (Å²) in [6.07, 6.45) is -3.80. The summed E-state index contributed by atoms with van der Waals surface area (Å²) >= 11 is 0. The molecule has 0 unspecified atom stereocenters. The lowest BCUT2D eigenvalue weighted by Gasteiger charge is -2.11. The SMILES string of the molecule is CN=C(NCCc1ccc(C(F)(F)F)cc1)NCc1cc(C(=O)OC)c(C)o1.I. The highest BCUT2D eigenvalue weighted by Crippen LogP contribution is 2.29. The van der Waals surface area contributed by atoms with Crippen molar-refractivity contribution in [1.29, 1.82) is 0 Å². The second-order valence-corrected chi connectivity index (χ2v) is 5.97. The number of nitrogens with one attached hydrogen (secondary N) is 2. The fourth-order valence-corrected chi connectivity index (χ4v) is 2.52. The zero-order chi connectivity index (χ0) is 20.7. The summed E-state index contributed by atoms with van der Waals surface area (Å²) < 4.78 is 47.9. The van der Waals surface area contributed by atoms with Crippen molar-refractivity contribution in [3.63, 3.8) is 0 Å². The van der Waals surface area contributed by atoms with E-state index in [4.69, 9.17) is 4.42 Å². The molecule has 10 heteroatoms. The summed E-state index contributed by atoms with van der Waals surface area (Å²) in [6.45, 7) is 2.46. The molecule has 2 rings (SSSR count). The summed E-state index contributed by atoms with van der Waals surface area (Å²) in [7, 11) is 2.90. The van der Waals surface area contributed by atoms with Crippen LogP contribution in [-0.2, 0) is 23.9 Å². The van der Waals surface area contributed by atoms with Gasteiger partial charge < -0.3 is 19.8 Å². The van der Waals surface area contributed by atoms with E-state index in [1.165, 1.54) is 19.2 Å². The van der Waals surface area contributed by atoms with Crippen LogP contribution in [0.15, 0.2) is 39.7 Å². The van der Waals surface area contributed by atoms with Crippen LogP contribution in [0.1, 0.15) is 33.0 Å². The van der Waals surface area contributed by atoms with Crippen LogP contribution >= 0.6 is 24.0 Å². The van der Waals surface area contributed by atoms with E-state index in [9.17, 15) is 18.0 Å². The van der Waals surface area contributed by atoms with Gasteiger partial charge in [0, 0.05) is 13.6 Å². The van der Waals surface area contributed by atoms with Crippen LogP contribution in [0, 0.1) is 6.92 Å². The first-order valence-electron chi connectivity index (χ1n) is 8.53. The molecule has 0 fully saturated rings. The third-order valence-electron chi connectivity index (χ3n) is 4.02. The topological polar surface area (TPSA) is 75.9 Å². The first kappa shape index (κ1) is 24.8. The summed E-state index contributed by atoms with van der Waals surface area (Å²) in [4.78, 5) is 15.7. The number of guanidine groups is 1. The number of carbonyl (C=O) groups excluding carboxylic acids is 1. The average Bonchev–Trinajstić information content (AvgIpc) is 3.04. The Morgan fingerprint density at radius 2 is 1.86 bits per heavy atom. The lowest BCUT2D eigenvalue weighted by atomic mass is 10.1. The Hall–Kier alpha value is -2.24. The number of hydrogen-bond donors (Lipinski definition) is 2. The summed E-state index contributed by atoms with van der Waals surface area (Å²) in [5, 5.41) is 6.11. The number of ether oxygens (including phenoxy) is 1. The van der Waals surface area contributed by atoms with Gasteiger partial charge in [0.1, 0.15) is 17.1 Å². The van der Waals surface area contributed by atoms with Gasteiger partial charge >= 0.3 is 12.1 Å². The smallest absolute Gasteiger partial charge is 0.416 e.